The standard InChI is InChI=1S/C20H35N5/c1-5-24-9-11-25(12-10-24)16-18(3)14-22-20(21-4)23-15-19-8-6-7-17(2)13-19/h6-8,13,18H,5,9-12,14-16H2,1-4H3,(H2,21,22,23). The fourth-order valence-electron chi connectivity index (χ4n) is 3.29. The van der Waals surface area contributed by atoms with Gasteiger partial charge in [-0.05, 0) is 24.9 Å². The zero-order valence-corrected chi connectivity index (χ0v) is 16.4. The third kappa shape index (κ3) is 7.04. The van der Waals surface area contributed by atoms with Crippen LogP contribution in [0.1, 0.15) is 25.0 Å². The zero-order chi connectivity index (χ0) is 18.1. The molecule has 1 unspecified atom stereocenters. The molecule has 1 saturated heterocycles. The lowest BCUT2D eigenvalue weighted by Crippen LogP contribution is -2.48. The number of nitrogens with zero attached hydrogens (tertiary/aromatic N) is 3. The van der Waals surface area contributed by atoms with Crippen molar-refractivity contribution in [2.75, 3.05) is 52.9 Å². The number of rotatable bonds is 7. The average Bonchev–Trinajstić information content (AvgIpc) is 2.62. The molecule has 25 heavy (non-hydrogen) atoms. The summed E-state index contributed by atoms with van der Waals surface area (Å²) in [5.41, 5.74) is 2.57. The Morgan fingerprint density at radius 2 is 1.88 bits per heavy atom. The first kappa shape index (κ1) is 19.7. The molecular weight excluding hydrogens is 310 g/mol. The molecule has 1 aliphatic heterocycles. The number of guanidine groups is 1. The van der Waals surface area contributed by atoms with E-state index in [-0.39, 0.29) is 0 Å². The largest absolute Gasteiger partial charge is 0.356 e. The number of piperazine rings is 1. The summed E-state index contributed by atoms with van der Waals surface area (Å²) in [5, 5.41) is 6.87. The molecule has 0 bridgehead atoms. The number of aryl methyl sites for hydroxylation is 1. The molecule has 1 fully saturated rings. The highest BCUT2D eigenvalue weighted by Gasteiger charge is 2.17. The van der Waals surface area contributed by atoms with E-state index in [1.54, 1.807) is 0 Å². The van der Waals surface area contributed by atoms with E-state index >= 15 is 0 Å². The summed E-state index contributed by atoms with van der Waals surface area (Å²) < 4.78 is 0. The molecule has 0 aromatic heterocycles. The Balaban J connectivity index is 1.67. The van der Waals surface area contributed by atoms with Gasteiger partial charge in [0.05, 0.1) is 0 Å². The third-order valence-corrected chi connectivity index (χ3v) is 4.87. The molecule has 0 spiro atoms. The van der Waals surface area contributed by atoms with Crippen LogP contribution in [-0.4, -0.2) is 68.6 Å². The van der Waals surface area contributed by atoms with Gasteiger partial charge in [-0.1, -0.05) is 43.7 Å². The van der Waals surface area contributed by atoms with E-state index in [0.717, 1.165) is 25.6 Å². The van der Waals surface area contributed by atoms with Crippen molar-refractivity contribution < 1.29 is 0 Å². The zero-order valence-electron chi connectivity index (χ0n) is 16.4. The predicted molar refractivity (Wildman–Crippen MR) is 107 cm³/mol. The summed E-state index contributed by atoms with van der Waals surface area (Å²) in [7, 11) is 1.83. The van der Waals surface area contributed by atoms with Gasteiger partial charge in [-0.3, -0.25) is 4.99 Å². The molecule has 1 heterocycles. The summed E-state index contributed by atoms with van der Waals surface area (Å²) in [4.78, 5) is 9.45. The van der Waals surface area contributed by atoms with Gasteiger partial charge >= 0.3 is 0 Å². The molecule has 5 nitrogen and oxygen atoms in total. The van der Waals surface area contributed by atoms with Gasteiger partial charge in [0.25, 0.3) is 0 Å². The van der Waals surface area contributed by atoms with Crippen molar-refractivity contribution in [3.8, 4) is 0 Å². The van der Waals surface area contributed by atoms with Crippen LogP contribution in [0.25, 0.3) is 0 Å². The van der Waals surface area contributed by atoms with Crippen LogP contribution in [0, 0.1) is 12.8 Å². The lowest BCUT2D eigenvalue weighted by molar-refractivity contribution is 0.124. The van der Waals surface area contributed by atoms with E-state index in [2.05, 4.69) is 70.5 Å². The average molecular weight is 346 g/mol. The van der Waals surface area contributed by atoms with Gasteiger partial charge in [-0.2, -0.15) is 0 Å². The van der Waals surface area contributed by atoms with Gasteiger partial charge in [0.2, 0.25) is 0 Å². The van der Waals surface area contributed by atoms with Crippen LogP contribution in [0.3, 0.4) is 0 Å². The SMILES string of the molecule is CCN1CCN(CC(C)CNC(=NC)NCc2cccc(C)c2)CC1. The van der Waals surface area contributed by atoms with E-state index in [9.17, 15) is 0 Å². The summed E-state index contributed by atoms with van der Waals surface area (Å²) in [6.07, 6.45) is 0. The number of likely N-dealkylation sites (N-methyl/N-ethyl adjacent to an activating group) is 1. The second kappa shape index (κ2) is 10.4. The molecule has 2 rings (SSSR count). The normalized spacial score (nSPS) is 18.2. The van der Waals surface area contributed by atoms with E-state index in [0.29, 0.717) is 5.92 Å². The maximum atomic E-state index is 4.34. The molecule has 0 radical (unpaired) electrons. The maximum Gasteiger partial charge on any atom is 0.191 e. The second-order valence-electron chi connectivity index (χ2n) is 7.14. The van der Waals surface area contributed by atoms with E-state index < -0.39 is 0 Å². The molecule has 1 atom stereocenters. The quantitative estimate of drug-likeness (QED) is 0.585. The number of nitrogens with one attached hydrogen (secondary N) is 2. The Bertz CT molecular complexity index is 535. The van der Waals surface area contributed by atoms with Gasteiger partial charge in [-0.15, -0.1) is 0 Å². The predicted octanol–water partition coefficient (Wildman–Crippen LogP) is 1.93. The van der Waals surface area contributed by atoms with Crippen molar-refractivity contribution in [3.63, 3.8) is 0 Å². The number of hydrogen-bond acceptors (Lipinski definition) is 3. The Kier molecular flexibility index (Phi) is 8.22. The lowest BCUT2D eigenvalue weighted by atomic mass is 10.1. The van der Waals surface area contributed by atoms with Crippen molar-refractivity contribution in [2.24, 2.45) is 10.9 Å². The molecule has 1 aromatic carbocycles. The summed E-state index contributed by atoms with van der Waals surface area (Å²) >= 11 is 0. The third-order valence-electron chi connectivity index (χ3n) is 4.87. The first-order valence-corrected chi connectivity index (χ1v) is 9.55. The molecule has 0 amide bonds. The van der Waals surface area contributed by atoms with Crippen LogP contribution in [-0.2, 0) is 6.54 Å². The fraction of sp³-hybridized carbons (Fsp3) is 0.650. The number of benzene rings is 1. The van der Waals surface area contributed by atoms with Crippen molar-refractivity contribution >= 4 is 5.96 Å². The Labute approximate surface area is 153 Å². The topological polar surface area (TPSA) is 42.9 Å². The monoisotopic (exact) mass is 345 g/mol. The van der Waals surface area contributed by atoms with E-state index in [4.69, 9.17) is 0 Å². The van der Waals surface area contributed by atoms with Gasteiger partial charge in [-0.25, -0.2) is 0 Å². The second-order valence-corrected chi connectivity index (χ2v) is 7.14. The molecule has 1 aliphatic rings. The Hall–Kier alpha value is -1.59. The first-order valence-electron chi connectivity index (χ1n) is 9.55. The maximum absolute atomic E-state index is 4.34. The fourth-order valence-corrected chi connectivity index (χ4v) is 3.29. The van der Waals surface area contributed by atoms with Gasteiger partial charge < -0.3 is 20.4 Å². The highest BCUT2D eigenvalue weighted by molar-refractivity contribution is 5.79. The van der Waals surface area contributed by atoms with Gasteiger partial charge in [0.1, 0.15) is 0 Å². The molecule has 5 heteroatoms. The van der Waals surface area contributed by atoms with E-state index in [1.807, 2.05) is 7.05 Å². The number of aliphatic imine (C=N–C) groups is 1. The van der Waals surface area contributed by atoms with Gasteiger partial charge in [0.15, 0.2) is 5.96 Å². The molecule has 2 N–H and O–H groups in total. The Morgan fingerprint density at radius 1 is 1.16 bits per heavy atom. The van der Waals surface area contributed by atoms with E-state index in [1.165, 1.54) is 43.9 Å². The Morgan fingerprint density at radius 3 is 2.52 bits per heavy atom. The highest BCUT2D eigenvalue weighted by Crippen LogP contribution is 2.05. The van der Waals surface area contributed by atoms with Crippen molar-refractivity contribution in [1.29, 1.82) is 0 Å². The van der Waals surface area contributed by atoms with Crippen LogP contribution in [0.5, 0.6) is 0 Å². The molecular formula is C20H35N5. The molecule has 140 valence electrons. The summed E-state index contributed by atoms with van der Waals surface area (Å²) in [6.45, 7) is 15.6. The van der Waals surface area contributed by atoms with Gasteiger partial charge in [0, 0.05) is 52.9 Å². The molecule has 0 saturated carbocycles. The van der Waals surface area contributed by atoms with Crippen LogP contribution in [0.4, 0.5) is 0 Å². The first-order chi connectivity index (χ1) is 12.1. The summed E-state index contributed by atoms with van der Waals surface area (Å²) in [6, 6.07) is 8.58. The van der Waals surface area contributed by atoms with Crippen molar-refractivity contribution in [1.82, 2.24) is 20.4 Å². The smallest absolute Gasteiger partial charge is 0.191 e. The number of hydrogen-bond donors (Lipinski definition) is 2. The van der Waals surface area contributed by atoms with Crippen molar-refractivity contribution in [2.45, 2.75) is 27.3 Å². The molecule has 1 aromatic rings. The van der Waals surface area contributed by atoms with Crippen molar-refractivity contribution in [3.05, 3.63) is 35.4 Å². The minimum absolute atomic E-state index is 0.602. The minimum Gasteiger partial charge on any atom is -0.356 e. The van der Waals surface area contributed by atoms with Crippen LogP contribution < -0.4 is 10.6 Å². The minimum atomic E-state index is 0.602. The van der Waals surface area contributed by atoms with Crippen LogP contribution >= 0.6 is 0 Å². The van der Waals surface area contributed by atoms with Crippen LogP contribution in [0.15, 0.2) is 29.3 Å². The van der Waals surface area contributed by atoms with Crippen LogP contribution in [0.2, 0.25) is 0 Å². The summed E-state index contributed by atoms with van der Waals surface area (Å²) in [5.74, 6) is 1.48. The lowest BCUT2D eigenvalue weighted by Gasteiger charge is -2.35. The molecule has 0 aliphatic carbocycles. The highest BCUT2D eigenvalue weighted by atomic mass is 15.3.